The van der Waals surface area contributed by atoms with E-state index in [2.05, 4.69) is 10.4 Å². The van der Waals surface area contributed by atoms with Gasteiger partial charge in [-0.1, -0.05) is 18.2 Å². The van der Waals surface area contributed by atoms with Gasteiger partial charge in [-0.15, -0.1) is 0 Å². The van der Waals surface area contributed by atoms with Crippen LogP contribution in [0.2, 0.25) is 0 Å². The third kappa shape index (κ3) is 3.96. The number of amides is 1. The van der Waals surface area contributed by atoms with Crippen LogP contribution in [0, 0.1) is 0 Å². The number of nitrogens with zero attached hydrogens (tertiary/aromatic N) is 2. The van der Waals surface area contributed by atoms with Gasteiger partial charge >= 0.3 is 0 Å². The second-order valence-corrected chi connectivity index (χ2v) is 7.59. The second-order valence-electron chi connectivity index (χ2n) is 7.59. The van der Waals surface area contributed by atoms with Gasteiger partial charge in [-0.05, 0) is 44.2 Å². The van der Waals surface area contributed by atoms with Crippen molar-refractivity contribution in [1.82, 2.24) is 15.1 Å². The Morgan fingerprint density at radius 3 is 2.71 bits per heavy atom. The molecule has 0 radical (unpaired) electrons. The summed E-state index contributed by atoms with van der Waals surface area (Å²) in [4.78, 5) is 25.6. The van der Waals surface area contributed by atoms with Crippen LogP contribution in [-0.2, 0) is 16.9 Å². The molecular formula is C23H23N3O5. The number of fused-ring (bicyclic) bond motifs is 1. The lowest BCUT2D eigenvalue weighted by Gasteiger charge is -2.25. The Bertz CT molecular complexity index is 1190. The average molecular weight is 421 g/mol. The third-order valence-electron chi connectivity index (χ3n) is 5.19. The van der Waals surface area contributed by atoms with E-state index in [1.807, 2.05) is 30.3 Å². The molecule has 3 aromatic rings. The minimum atomic E-state index is -1.22. The molecule has 8 nitrogen and oxygen atoms in total. The number of aromatic nitrogens is 2. The molecule has 8 heteroatoms. The van der Waals surface area contributed by atoms with Crippen LogP contribution in [0.1, 0.15) is 19.4 Å². The van der Waals surface area contributed by atoms with E-state index in [9.17, 15) is 9.59 Å². The van der Waals surface area contributed by atoms with Gasteiger partial charge in [-0.2, -0.15) is 5.10 Å². The summed E-state index contributed by atoms with van der Waals surface area (Å²) in [5, 5.41) is 7.35. The van der Waals surface area contributed by atoms with Crippen molar-refractivity contribution in [3.63, 3.8) is 0 Å². The summed E-state index contributed by atoms with van der Waals surface area (Å²) in [7, 11) is 1.58. The first-order valence-electron chi connectivity index (χ1n) is 9.81. The average Bonchev–Trinajstić information content (AvgIpc) is 3.25. The molecule has 1 aliphatic rings. The fourth-order valence-corrected chi connectivity index (χ4v) is 3.36. The van der Waals surface area contributed by atoms with E-state index in [-0.39, 0.29) is 24.8 Å². The fraction of sp³-hybridized carbons (Fsp3) is 0.261. The van der Waals surface area contributed by atoms with E-state index < -0.39 is 5.54 Å². The third-order valence-corrected chi connectivity index (χ3v) is 5.19. The number of methoxy groups -OCH3 is 1. The predicted molar refractivity (Wildman–Crippen MR) is 114 cm³/mol. The number of nitrogens with one attached hydrogen (secondary N) is 1. The number of carbonyl (C=O) groups excluding carboxylic acids is 1. The van der Waals surface area contributed by atoms with Crippen molar-refractivity contribution in [3.8, 4) is 28.5 Å². The summed E-state index contributed by atoms with van der Waals surface area (Å²) in [6.45, 7) is 3.75. The zero-order valence-electron chi connectivity index (χ0n) is 17.5. The van der Waals surface area contributed by atoms with Gasteiger partial charge in [-0.3, -0.25) is 9.59 Å². The molecule has 1 aromatic heterocycles. The van der Waals surface area contributed by atoms with Gasteiger partial charge in [0.15, 0.2) is 11.5 Å². The molecular weight excluding hydrogens is 398 g/mol. The number of carbonyl (C=O) groups is 1. The highest BCUT2D eigenvalue weighted by molar-refractivity contribution is 5.83. The first-order valence-corrected chi connectivity index (χ1v) is 9.81. The highest BCUT2D eigenvalue weighted by Crippen LogP contribution is 2.35. The number of hydrogen-bond acceptors (Lipinski definition) is 6. The molecule has 2 heterocycles. The van der Waals surface area contributed by atoms with Crippen LogP contribution >= 0.6 is 0 Å². The molecule has 0 atom stereocenters. The summed E-state index contributed by atoms with van der Waals surface area (Å²) in [5.74, 6) is 1.62. The minimum absolute atomic E-state index is 0.172. The number of hydrogen-bond donors (Lipinski definition) is 1. The van der Waals surface area contributed by atoms with Crippen molar-refractivity contribution in [2.75, 3.05) is 13.9 Å². The summed E-state index contributed by atoms with van der Waals surface area (Å²) < 4.78 is 17.3. The van der Waals surface area contributed by atoms with Crippen LogP contribution in [-0.4, -0.2) is 29.6 Å². The highest BCUT2D eigenvalue weighted by Gasteiger charge is 2.32. The Balaban J connectivity index is 1.59. The topological polar surface area (TPSA) is 91.7 Å². The zero-order valence-corrected chi connectivity index (χ0v) is 17.5. The second kappa shape index (κ2) is 8.14. The SMILES string of the molecule is COc1ccccc1CNC(=O)C(C)(C)n1nc(-c2ccc3c(c2)OCO3)ccc1=O. The quantitative estimate of drug-likeness (QED) is 0.658. The van der Waals surface area contributed by atoms with Crippen molar-refractivity contribution in [2.24, 2.45) is 0 Å². The maximum Gasteiger partial charge on any atom is 0.267 e. The van der Waals surface area contributed by atoms with Gasteiger partial charge in [0.25, 0.3) is 5.56 Å². The molecule has 0 saturated heterocycles. The lowest BCUT2D eigenvalue weighted by Crippen LogP contribution is -2.49. The molecule has 0 aliphatic carbocycles. The van der Waals surface area contributed by atoms with Crippen molar-refractivity contribution < 1.29 is 19.0 Å². The summed E-state index contributed by atoms with van der Waals surface area (Å²) in [6.07, 6.45) is 0. The van der Waals surface area contributed by atoms with Crippen molar-refractivity contribution in [3.05, 3.63) is 70.5 Å². The molecule has 2 aromatic carbocycles. The minimum Gasteiger partial charge on any atom is -0.496 e. The normalized spacial score (nSPS) is 12.5. The van der Waals surface area contributed by atoms with Gasteiger partial charge in [0.2, 0.25) is 12.7 Å². The Hall–Kier alpha value is -3.81. The highest BCUT2D eigenvalue weighted by atomic mass is 16.7. The lowest BCUT2D eigenvalue weighted by molar-refractivity contribution is -0.129. The van der Waals surface area contributed by atoms with Crippen LogP contribution < -0.4 is 25.1 Å². The summed E-state index contributed by atoms with van der Waals surface area (Å²) >= 11 is 0. The maximum absolute atomic E-state index is 13.0. The van der Waals surface area contributed by atoms with E-state index in [1.54, 1.807) is 39.2 Å². The molecule has 0 bridgehead atoms. The molecule has 1 N–H and O–H groups in total. The smallest absolute Gasteiger partial charge is 0.267 e. The molecule has 160 valence electrons. The zero-order chi connectivity index (χ0) is 22.0. The van der Waals surface area contributed by atoms with E-state index in [0.717, 1.165) is 11.1 Å². The van der Waals surface area contributed by atoms with Gasteiger partial charge in [0.05, 0.1) is 12.8 Å². The first-order chi connectivity index (χ1) is 14.9. The van der Waals surface area contributed by atoms with Crippen molar-refractivity contribution in [1.29, 1.82) is 0 Å². The molecule has 0 unspecified atom stereocenters. The van der Waals surface area contributed by atoms with E-state index >= 15 is 0 Å². The molecule has 1 aliphatic heterocycles. The van der Waals surface area contributed by atoms with Crippen LogP contribution in [0.25, 0.3) is 11.3 Å². The Morgan fingerprint density at radius 2 is 1.90 bits per heavy atom. The molecule has 1 amide bonds. The maximum atomic E-state index is 13.0. The molecule has 0 fully saturated rings. The van der Waals surface area contributed by atoms with Crippen molar-refractivity contribution in [2.45, 2.75) is 25.9 Å². The largest absolute Gasteiger partial charge is 0.496 e. The van der Waals surface area contributed by atoms with Crippen molar-refractivity contribution >= 4 is 5.91 Å². The van der Waals surface area contributed by atoms with Gasteiger partial charge in [0.1, 0.15) is 11.3 Å². The van der Waals surface area contributed by atoms with Crippen LogP contribution in [0.15, 0.2) is 59.4 Å². The van der Waals surface area contributed by atoms with E-state index in [1.165, 1.54) is 10.7 Å². The van der Waals surface area contributed by atoms with Crippen LogP contribution in [0.3, 0.4) is 0 Å². The number of rotatable bonds is 6. The number of benzene rings is 2. The predicted octanol–water partition coefficient (Wildman–Crippen LogP) is 2.70. The van der Waals surface area contributed by atoms with Gasteiger partial charge in [0, 0.05) is 23.7 Å². The van der Waals surface area contributed by atoms with Gasteiger partial charge in [-0.25, -0.2) is 4.68 Å². The first kappa shape index (κ1) is 20.5. The molecule has 0 spiro atoms. The molecule has 31 heavy (non-hydrogen) atoms. The monoisotopic (exact) mass is 421 g/mol. The van der Waals surface area contributed by atoms with Gasteiger partial charge < -0.3 is 19.5 Å². The Kier molecular flexibility index (Phi) is 5.37. The van der Waals surface area contributed by atoms with E-state index in [0.29, 0.717) is 22.9 Å². The Morgan fingerprint density at radius 1 is 1.13 bits per heavy atom. The fourth-order valence-electron chi connectivity index (χ4n) is 3.36. The number of ether oxygens (including phenoxy) is 3. The summed E-state index contributed by atoms with van der Waals surface area (Å²) in [6, 6.07) is 15.9. The number of para-hydroxylation sites is 1. The van der Waals surface area contributed by atoms with Crippen LogP contribution in [0.4, 0.5) is 0 Å². The molecule has 0 saturated carbocycles. The molecule has 4 rings (SSSR count). The Labute approximate surface area is 179 Å². The van der Waals surface area contributed by atoms with Crippen LogP contribution in [0.5, 0.6) is 17.2 Å². The van der Waals surface area contributed by atoms with E-state index in [4.69, 9.17) is 14.2 Å². The standard InChI is InChI=1S/C23H23N3O5/c1-23(2,22(28)24-13-16-6-4-5-7-18(16)29-3)26-21(27)11-9-17(25-26)15-8-10-19-20(12-15)31-14-30-19/h4-12H,13-14H2,1-3H3,(H,24,28). The summed E-state index contributed by atoms with van der Waals surface area (Å²) in [5.41, 5.74) is 0.545. The lowest BCUT2D eigenvalue weighted by atomic mass is 10.0.